The fourth-order valence-corrected chi connectivity index (χ4v) is 12.0. The molecule has 0 bridgehead atoms. The molecule has 0 aliphatic heterocycles. The van der Waals surface area contributed by atoms with Crippen LogP contribution in [0.25, 0.3) is 0 Å². The Labute approximate surface area is 513 Å². The van der Waals surface area contributed by atoms with Crippen molar-refractivity contribution in [2.45, 2.75) is 437 Å². The normalized spacial score (nSPS) is 12.6. The Hall–Kier alpha value is -1.66. The summed E-state index contributed by atoms with van der Waals surface area (Å²) in [6.07, 6.45) is 91.6. The van der Waals surface area contributed by atoms with E-state index in [1.165, 1.54) is 360 Å². The highest BCUT2D eigenvalue weighted by molar-refractivity contribution is 5.76. The van der Waals surface area contributed by atoms with Gasteiger partial charge in [-0.1, -0.05) is 378 Å². The summed E-state index contributed by atoms with van der Waals surface area (Å²) < 4.78 is 5.52. The van der Waals surface area contributed by atoms with Crippen LogP contribution in [0.15, 0.2) is 24.3 Å². The van der Waals surface area contributed by atoms with Crippen LogP contribution in [0.3, 0.4) is 0 Å². The average molecular weight is 1160 g/mol. The maximum Gasteiger partial charge on any atom is 0.305 e. The molecule has 0 heterocycles. The molecular formula is C76H147NO5. The highest BCUT2D eigenvalue weighted by Crippen LogP contribution is 2.19. The van der Waals surface area contributed by atoms with E-state index in [-0.39, 0.29) is 18.5 Å². The molecule has 2 atom stereocenters. The highest BCUT2D eigenvalue weighted by Gasteiger charge is 2.18. The van der Waals surface area contributed by atoms with Crippen molar-refractivity contribution in [2.75, 3.05) is 13.2 Å². The Balaban J connectivity index is 3.30. The summed E-state index contributed by atoms with van der Waals surface area (Å²) in [5.74, 6) is -0.0377. The van der Waals surface area contributed by atoms with E-state index in [0.29, 0.717) is 19.4 Å². The molecule has 0 aromatic rings. The number of esters is 1. The summed E-state index contributed by atoms with van der Waals surface area (Å²) in [6, 6.07) is -0.623. The Morgan fingerprint density at radius 1 is 0.329 bits per heavy atom. The summed E-state index contributed by atoms with van der Waals surface area (Å²) in [4.78, 5) is 24.5. The molecular weight excluding hydrogens is 1010 g/mol. The van der Waals surface area contributed by atoms with E-state index in [2.05, 4.69) is 31.3 Å². The van der Waals surface area contributed by atoms with Crippen LogP contribution in [-0.2, 0) is 14.3 Å². The van der Waals surface area contributed by atoms with Crippen molar-refractivity contribution < 1.29 is 24.5 Å². The first kappa shape index (κ1) is 80.3. The van der Waals surface area contributed by atoms with Crippen molar-refractivity contribution in [3.8, 4) is 0 Å². The van der Waals surface area contributed by atoms with E-state index in [4.69, 9.17) is 4.74 Å². The fourth-order valence-electron chi connectivity index (χ4n) is 12.0. The Kier molecular flexibility index (Phi) is 70.4. The Bertz CT molecular complexity index is 1280. The number of hydrogen-bond donors (Lipinski definition) is 3. The van der Waals surface area contributed by atoms with Gasteiger partial charge < -0.3 is 20.3 Å². The van der Waals surface area contributed by atoms with Gasteiger partial charge in [0.15, 0.2) is 0 Å². The molecule has 0 aliphatic carbocycles. The van der Waals surface area contributed by atoms with Gasteiger partial charge in [-0.05, 0) is 57.8 Å². The van der Waals surface area contributed by atoms with E-state index >= 15 is 0 Å². The first-order valence-electron chi connectivity index (χ1n) is 37.6. The third-order valence-corrected chi connectivity index (χ3v) is 17.7. The lowest BCUT2D eigenvalue weighted by Crippen LogP contribution is -2.45. The van der Waals surface area contributed by atoms with E-state index in [1.54, 1.807) is 6.08 Å². The molecule has 6 heteroatoms. The second kappa shape index (κ2) is 71.8. The van der Waals surface area contributed by atoms with Crippen molar-refractivity contribution in [1.82, 2.24) is 5.32 Å². The predicted molar refractivity (Wildman–Crippen MR) is 361 cm³/mol. The van der Waals surface area contributed by atoms with Crippen LogP contribution in [-0.4, -0.2) is 47.4 Å². The number of amides is 1. The van der Waals surface area contributed by atoms with Crippen molar-refractivity contribution in [3.63, 3.8) is 0 Å². The van der Waals surface area contributed by atoms with Gasteiger partial charge >= 0.3 is 5.97 Å². The summed E-state index contributed by atoms with van der Waals surface area (Å²) in [5.41, 5.74) is 0. The molecule has 0 spiro atoms. The molecule has 0 aliphatic rings. The largest absolute Gasteiger partial charge is 0.466 e. The van der Waals surface area contributed by atoms with E-state index in [1.807, 2.05) is 6.08 Å². The monoisotopic (exact) mass is 1150 g/mol. The van der Waals surface area contributed by atoms with Crippen LogP contribution in [0.4, 0.5) is 0 Å². The van der Waals surface area contributed by atoms with Crippen LogP contribution >= 0.6 is 0 Å². The van der Waals surface area contributed by atoms with Gasteiger partial charge in [0.1, 0.15) is 0 Å². The maximum absolute atomic E-state index is 12.4. The minimum atomic E-state index is -0.839. The zero-order chi connectivity index (χ0) is 59.2. The van der Waals surface area contributed by atoms with Gasteiger partial charge in [-0.25, -0.2) is 0 Å². The second-order valence-electron chi connectivity index (χ2n) is 26.0. The van der Waals surface area contributed by atoms with Crippen LogP contribution in [0, 0.1) is 0 Å². The van der Waals surface area contributed by atoms with Crippen molar-refractivity contribution in [3.05, 3.63) is 24.3 Å². The van der Waals surface area contributed by atoms with Gasteiger partial charge in [0.2, 0.25) is 5.91 Å². The molecule has 0 radical (unpaired) electrons. The molecule has 0 fully saturated rings. The minimum absolute atomic E-state index is 0.0264. The van der Waals surface area contributed by atoms with Gasteiger partial charge in [-0.2, -0.15) is 0 Å². The zero-order valence-corrected chi connectivity index (χ0v) is 55.8. The van der Waals surface area contributed by atoms with Crippen molar-refractivity contribution >= 4 is 11.9 Å². The SMILES string of the molecule is CCCCCCCCCC/C=C/C(O)C(CO)NC(=O)CCCCCCCCCCCCCCCCCCC/C=C\CCCCCCCCCCCCCCCCCCOC(=O)CCCCCCCCCCCCCCCCCCCC. The van der Waals surface area contributed by atoms with Gasteiger partial charge in [-0.15, -0.1) is 0 Å². The number of carbonyl (C=O) groups excluding carboxylic acids is 2. The number of unbranched alkanes of at least 4 members (excludes halogenated alkanes) is 58. The van der Waals surface area contributed by atoms with Crippen molar-refractivity contribution in [2.24, 2.45) is 0 Å². The number of rotatable bonds is 71. The topological polar surface area (TPSA) is 95.9 Å². The first-order valence-corrected chi connectivity index (χ1v) is 37.6. The van der Waals surface area contributed by atoms with Crippen LogP contribution < -0.4 is 5.32 Å². The molecule has 6 nitrogen and oxygen atoms in total. The Morgan fingerprint density at radius 2 is 0.573 bits per heavy atom. The number of allylic oxidation sites excluding steroid dienone is 3. The average Bonchev–Trinajstić information content (AvgIpc) is 3.48. The van der Waals surface area contributed by atoms with Crippen molar-refractivity contribution in [1.29, 1.82) is 0 Å². The number of ether oxygens (including phenoxy) is 1. The first-order chi connectivity index (χ1) is 40.5. The molecule has 0 aromatic heterocycles. The summed E-state index contributed by atoms with van der Waals surface area (Å²) >= 11 is 0. The lowest BCUT2D eigenvalue weighted by molar-refractivity contribution is -0.143. The molecule has 82 heavy (non-hydrogen) atoms. The van der Waals surface area contributed by atoms with Crippen LogP contribution in [0.1, 0.15) is 425 Å². The maximum atomic E-state index is 12.4. The molecule has 1 amide bonds. The summed E-state index contributed by atoms with van der Waals surface area (Å²) in [7, 11) is 0. The third-order valence-electron chi connectivity index (χ3n) is 17.7. The fraction of sp³-hybridized carbons (Fsp3) is 0.921. The van der Waals surface area contributed by atoms with Crippen LogP contribution in [0.5, 0.6) is 0 Å². The number of hydrogen-bond acceptors (Lipinski definition) is 5. The standard InChI is InChI=1S/C76H147NO5/c1-3-5-7-9-11-13-15-16-17-18-41-44-47-50-54-58-62-66-70-76(81)82-71-67-63-59-55-51-48-45-42-39-37-35-33-31-29-27-25-23-21-19-20-22-24-26-28-30-32-34-36-38-40-43-46-49-53-57-61-65-69-75(80)77-73(72-78)74(79)68-64-60-56-52-14-12-10-8-6-4-2/h19,21,64,68,73-74,78-79H,3-18,20,22-63,65-67,69-72H2,1-2H3,(H,77,80)/b21-19-,68-64+. The molecule has 0 saturated heterocycles. The number of aliphatic hydroxyl groups excluding tert-OH is 2. The lowest BCUT2D eigenvalue weighted by atomic mass is 10.0. The Morgan fingerprint density at radius 3 is 0.866 bits per heavy atom. The summed E-state index contributed by atoms with van der Waals surface area (Å²) in [6.45, 7) is 4.93. The van der Waals surface area contributed by atoms with E-state index in [0.717, 1.165) is 38.5 Å². The smallest absolute Gasteiger partial charge is 0.305 e. The molecule has 0 aromatic carbocycles. The summed E-state index contributed by atoms with van der Waals surface area (Å²) in [5, 5.41) is 23.0. The minimum Gasteiger partial charge on any atom is -0.466 e. The van der Waals surface area contributed by atoms with E-state index in [9.17, 15) is 19.8 Å². The van der Waals surface area contributed by atoms with Gasteiger partial charge in [0, 0.05) is 12.8 Å². The second-order valence-corrected chi connectivity index (χ2v) is 26.0. The predicted octanol–water partition coefficient (Wildman–Crippen LogP) is 24.5. The van der Waals surface area contributed by atoms with E-state index < -0.39 is 12.1 Å². The quantitative estimate of drug-likeness (QED) is 0.0320. The molecule has 0 rings (SSSR count). The van der Waals surface area contributed by atoms with Crippen LogP contribution in [0.2, 0.25) is 0 Å². The molecule has 3 N–H and O–H groups in total. The molecule has 0 saturated carbocycles. The number of nitrogens with one attached hydrogen (secondary N) is 1. The van der Waals surface area contributed by atoms with Gasteiger partial charge in [0.25, 0.3) is 0 Å². The third kappa shape index (κ3) is 67.5. The molecule has 486 valence electrons. The molecule has 2 unspecified atom stereocenters. The van der Waals surface area contributed by atoms with Gasteiger partial charge in [0.05, 0.1) is 25.4 Å². The number of aliphatic hydroxyl groups is 2. The van der Waals surface area contributed by atoms with Gasteiger partial charge in [-0.3, -0.25) is 9.59 Å². The number of carbonyl (C=O) groups is 2. The highest BCUT2D eigenvalue weighted by atomic mass is 16.5. The lowest BCUT2D eigenvalue weighted by Gasteiger charge is -2.20. The zero-order valence-electron chi connectivity index (χ0n) is 55.8.